The van der Waals surface area contributed by atoms with Gasteiger partial charge in [-0.25, -0.2) is 4.79 Å². The average Bonchev–Trinajstić information content (AvgIpc) is 3.17. The molecule has 1 unspecified atom stereocenters. The summed E-state index contributed by atoms with van der Waals surface area (Å²) >= 11 is 0. The van der Waals surface area contributed by atoms with Gasteiger partial charge in [-0.05, 0) is 90.1 Å². The smallest absolute Gasteiger partial charge is 0.407 e. The molecule has 6 nitrogen and oxygen atoms in total. The number of hydrogen-bond acceptors (Lipinski definition) is 5. The van der Waals surface area contributed by atoms with Gasteiger partial charge in [-0.3, -0.25) is 4.90 Å². The van der Waals surface area contributed by atoms with Crippen LogP contribution in [0.2, 0.25) is 0 Å². The highest BCUT2D eigenvalue weighted by molar-refractivity contribution is 5.67. The van der Waals surface area contributed by atoms with Gasteiger partial charge in [0, 0.05) is 26.3 Å². The van der Waals surface area contributed by atoms with Crippen LogP contribution in [0.15, 0.2) is 24.3 Å². The van der Waals surface area contributed by atoms with Gasteiger partial charge in [0.25, 0.3) is 0 Å². The van der Waals surface area contributed by atoms with Crippen LogP contribution in [-0.2, 0) is 14.2 Å². The molecule has 0 bridgehead atoms. The predicted octanol–water partition coefficient (Wildman–Crippen LogP) is 14.3. The summed E-state index contributed by atoms with van der Waals surface area (Å²) in [5, 5.41) is 2.94. The van der Waals surface area contributed by atoms with Crippen LogP contribution in [0.3, 0.4) is 0 Å². The Kier molecular flexibility index (Phi) is 44.8. The van der Waals surface area contributed by atoms with Crippen LogP contribution < -0.4 is 5.32 Å². The number of nitrogens with zero attached hydrogens (tertiary/aromatic N) is 1. The van der Waals surface area contributed by atoms with Crippen molar-refractivity contribution in [3.05, 3.63) is 24.3 Å². The third-order valence-electron chi connectivity index (χ3n) is 10.3. The van der Waals surface area contributed by atoms with Crippen molar-refractivity contribution in [3.8, 4) is 0 Å². The Bertz CT molecular complexity index is 783. The molecule has 1 atom stereocenters. The average molecular weight is 763 g/mol. The Morgan fingerprint density at radius 2 is 0.889 bits per heavy atom. The molecule has 0 spiro atoms. The number of carbonyl (C=O) groups excluding carboxylic acids is 1. The molecule has 54 heavy (non-hydrogen) atoms. The molecule has 0 aliphatic rings. The van der Waals surface area contributed by atoms with E-state index in [2.05, 4.69) is 62.2 Å². The lowest BCUT2D eigenvalue weighted by atomic mass is 10.1. The Balaban J connectivity index is 4.15. The van der Waals surface area contributed by atoms with E-state index in [1.165, 1.54) is 167 Å². The standard InChI is InChI=1S/C48H94N2O4/c1-5-9-11-13-15-17-19-21-23-25-27-29-31-33-35-37-42-52-46-47(45-49-48(51)54-44-41-50(39-7-3)40-8-4)53-43-38-36-34-32-30-28-26-24-22-20-18-16-14-12-10-6-2/h21-24,47H,5-20,25-46H2,1-4H3,(H,49,51). The second-order valence-electron chi connectivity index (χ2n) is 15.8. The van der Waals surface area contributed by atoms with E-state index in [0.717, 1.165) is 51.9 Å². The first-order valence-electron chi connectivity index (χ1n) is 23.8. The van der Waals surface area contributed by atoms with Crippen LogP contribution in [0.25, 0.3) is 0 Å². The Labute approximate surface area is 337 Å². The minimum atomic E-state index is -0.359. The van der Waals surface area contributed by atoms with Gasteiger partial charge in [-0.2, -0.15) is 0 Å². The first-order valence-corrected chi connectivity index (χ1v) is 23.8. The van der Waals surface area contributed by atoms with Gasteiger partial charge in [0.05, 0.1) is 12.7 Å². The third-order valence-corrected chi connectivity index (χ3v) is 10.3. The van der Waals surface area contributed by atoms with Gasteiger partial charge in [-0.15, -0.1) is 0 Å². The lowest BCUT2D eigenvalue weighted by molar-refractivity contribution is -0.0175. The molecule has 0 aliphatic heterocycles. The number of ether oxygens (including phenoxy) is 3. The molecule has 6 heteroatoms. The normalized spacial score (nSPS) is 12.5. The molecular formula is C48H94N2O4. The van der Waals surface area contributed by atoms with Crippen molar-refractivity contribution in [1.82, 2.24) is 10.2 Å². The molecule has 320 valence electrons. The molecule has 0 aromatic rings. The van der Waals surface area contributed by atoms with Crippen LogP contribution in [0.4, 0.5) is 4.79 Å². The largest absolute Gasteiger partial charge is 0.448 e. The zero-order valence-corrected chi connectivity index (χ0v) is 36.8. The lowest BCUT2D eigenvalue weighted by Gasteiger charge is -2.21. The van der Waals surface area contributed by atoms with Crippen molar-refractivity contribution < 1.29 is 19.0 Å². The Hall–Kier alpha value is -1.37. The van der Waals surface area contributed by atoms with Crippen molar-refractivity contribution in [2.75, 3.05) is 52.6 Å². The number of alkyl carbamates (subject to hydrolysis) is 1. The second kappa shape index (κ2) is 46.0. The Morgan fingerprint density at radius 1 is 0.481 bits per heavy atom. The SMILES string of the molecule is CCCCCCCCC=CCCCCCCCCOCC(CNC(=O)OCCN(CCC)CCC)OCCCCCCCCC=CCCCCCCCC. The summed E-state index contributed by atoms with van der Waals surface area (Å²) in [7, 11) is 0. The number of amides is 1. The van der Waals surface area contributed by atoms with Gasteiger partial charge in [0.1, 0.15) is 6.61 Å². The summed E-state index contributed by atoms with van der Waals surface area (Å²) in [5.41, 5.74) is 0. The molecule has 0 fully saturated rings. The van der Waals surface area contributed by atoms with E-state index in [9.17, 15) is 4.79 Å². The van der Waals surface area contributed by atoms with Crippen molar-refractivity contribution in [2.24, 2.45) is 0 Å². The molecule has 1 amide bonds. The summed E-state index contributed by atoms with van der Waals surface area (Å²) in [4.78, 5) is 14.8. The summed E-state index contributed by atoms with van der Waals surface area (Å²) < 4.78 is 17.8. The monoisotopic (exact) mass is 763 g/mol. The quantitative estimate of drug-likeness (QED) is 0.0495. The highest BCUT2D eigenvalue weighted by Gasteiger charge is 2.13. The lowest BCUT2D eigenvalue weighted by Crippen LogP contribution is -2.38. The maximum absolute atomic E-state index is 12.5. The van der Waals surface area contributed by atoms with E-state index in [0.29, 0.717) is 26.4 Å². The molecule has 0 saturated heterocycles. The van der Waals surface area contributed by atoms with Crippen LogP contribution in [0, 0.1) is 0 Å². The van der Waals surface area contributed by atoms with Gasteiger partial charge in [-0.1, -0.05) is 168 Å². The fourth-order valence-corrected chi connectivity index (χ4v) is 6.92. The van der Waals surface area contributed by atoms with E-state index in [4.69, 9.17) is 14.2 Å². The topological polar surface area (TPSA) is 60.0 Å². The summed E-state index contributed by atoms with van der Waals surface area (Å²) in [6.45, 7) is 14.6. The van der Waals surface area contributed by atoms with E-state index in [1.807, 2.05) is 0 Å². The molecule has 0 aromatic heterocycles. The first kappa shape index (κ1) is 52.6. The minimum absolute atomic E-state index is 0.147. The van der Waals surface area contributed by atoms with Crippen molar-refractivity contribution >= 4 is 6.09 Å². The van der Waals surface area contributed by atoms with Gasteiger partial charge >= 0.3 is 6.09 Å². The van der Waals surface area contributed by atoms with Crippen LogP contribution in [0.5, 0.6) is 0 Å². The van der Waals surface area contributed by atoms with Crippen molar-refractivity contribution in [1.29, 1.82) is 0 Å². The molecule has 0 heterocycles. The van der Waals surface area contributed by atoms with Crippen LogP contribution >= 0.6 is 0 Å². The number of nitrogens with one attached hydrogen (secondary N) is 1. The van der Waals surface area contributed by atoms with E-state index in [1.54, 1.807) is 0 Å². The maximum atomic E-state index is 12.5. The first-order chi connectivity index (χ1) is 26.7. The number of allylic oxidation sites excluding steroid dienone is 4. The minimum Gasteiger partial charge on any atom is -0.448 e. The maximum Gasteiger partial charge on any atom is 0.407 e. The zero-order valence-electron chi connectivity index (χ0n) is 36.8. The van der Waals surface area contributed by atoms with Gasteiger partial charge < -0.3 is 19.5 Å². The van der Waals surface area contributed by atoms with Crippen LogP contribution in [-0.4, -0.2) is 69.7 Å². The molecular weight excluding hydrogens is 669 g/mol. The van der Waals surface area contributed by atoms with E-state index in [-0.39, 0.29) is 12.2 Å². The second-order valence-corrected chi connectivity index (χ2v) is 15.8. The molecule has 1 N–H and O–H groups in total. The summed E-state index contributed by atoms with van der Waals surface area (Å²) in [5.74, 6) is 0. The summed E-state index contributed by atoms with van der Waals surface area (Å²) in [6, 6.07) is 0. The van der Waals surface area contributed by atoms with E-state index >= 15 is 0 Å². The van der Waals surface area contributed by atoms with Crippen LogP contribution in [0.1, 0.15) is 220 Å². The molecule has 0 rings (SSSR count). The Morgan fingerprint density at radius 3 is 1.33 bits per heavy atom. The van der Waals surface area contributed by atoms with Crippen molar-refractivity contribution in [3.63, 3.8) is 0 Å². The highest BCUT2D eigenvalue weighted by Crippen LogP contribution is 2.12. The molecule has 0 saturated carbocycles. The number of carbonyl (C=O) groups is 1. The number of unbranched alkanes of at least 4 members (excludes halogenated alkanes) is 24. The predicted molar refractivity (Wildman–Crippen MR) is 236 cm³/mol. The molecule has 0 radical (unpaired) electrons. The number of rotatable bonds is 44. The fourth-order valence-electron chi connectivity index (χ4n) is 6.92. The zero-order chi connectivity index (χ0) is 39.3. The van der Waals surface area contributed by atoms with E-state index < -0.39 is 0 Å². The third kappa shape index (κ3) is 41.8. The van der Waals surface area contributed by atoms with Gasteiger partial charge in [0.2, 0.25) is 0 Å². The molecule has 0 aliphatic carbocycles. The fraction of sp³-hybridized carbons (Fsp3) is 0.896. The number of hydrogen-bond donors (Lipinski definition) is 1. The summed E-state index contributed by atoms with van der Waals surface area (Å²) in [6.07, 6.45) is 47.8. The van der Waals surface area contributed by atoms with Gasteiger partial charge in [0.15, 0.2) is 0 Å². The van der Waals surface area contributed by atoms with Crippen molar-refractivity contribution in [2.45, 2.75) is 226 Å². The molecule has 0 aromatic carbocycles. The highest BCUT2D eigenvalue weighted by atomic mass is 16.6.